The molecule has 1 aliphatic carbocycles. The van der Waals surface area contributed by atoms with E-state index >= 15 is 0 Å². The summed E-state index contributed by atoms with van der Waals surface area (Å²) in [6.45, 7) is 0.698. The van der Waals surface area contributed by atoms with Crippen LogP contribution in [0.15, 0.2) is 24.4 Å². The van der Waals surface area contributed by atoms with Gasteiger partial charge in [0.05, 0.1) is 14.2 Å². The third-order valence-corrected chi connectivity index (χ3v) is 5.29. The predicted molar refractivity (Wildman–Crippen MR) is 114 cm³/mol. The highest BCUT2D eigenvalue weighted by Crippen LogP contribution is 2.37. The second kappa shape index (κ2) is 9.65. The molecule has 8 heteroatoms. The van der Waals surface area contributed by atoms with Crippen LogP contribution in [0.25, 0.3) is 0 Å². The first kappa shape index (κ1) is 21.0. The SMILES string of the molecule is COc1cc(CNC2CCC(Nc3nccc(N(C)C)n3)CC2)cc(OC)c1O. The van der Waals surface area contributed by atoms with Crippen LogP contribution in [0.5, 0.6) is 17.2 Å². The third kappa shape index (κ3) is 5.41. The van der Waals surface area contributed by atoms with Crippen LogP contribution in [0.1, 0.15) is 31.2 Å². The Balaban J connectivity index is 1.50. The second-order valence-corrected chi connectivity index (χ2v) is 7.56. The molecule has 1 aliphatic rings. The van der Waals surface area contributed by atoms with E-state index in [0.29, 0.717) is 36.1 Å². The Morgan fingerprint density at radius 1 is 1.07 bits per heavy atom. The summed E-state index contributed by atoms with van der Waals surface area (Å²) in [5.74, 6) is 2.47. The molecule has 0 saturated heterocycles. The molecular formula is C21H31N5O3. The highest BCUT2D eigenvalue weighted by molar-refractivity contribution is 5.52. The van der Waals surface area contributed by atoms with E-state index < -0.39 is 0 Å². The van der Waals surface area contributed by atoms with Crippen LogP contribution in [-0.2, 0) is 6.54 Å². The number of methoxy groups -OCH3 is 2. The van der Waals surface area contributed by atoms with Gasteiger partial charge in [-0.15, -0.1) is 0 Å². The molecule has 0 aliphatic heterocycles. The van der Waals surface area contributed by atoms with Gasteiger partial charge in [-0.05, 0) is 49.4 Å². The van der Waals surface area contributed by atoms with Crippen molar-refractivity contribution in [2.75, 3.05) is 38.5 Å². The number of phenols is 1. The number of hydrogen-bond donors (Lipinski definition) is 3. The van der Waals surface area contributed by atoms with E-state index in [4.69, 9.17) is 9.47 Å². The average molecular weight is 402 g/mol. The lowest BCUT2D eigenvalue weighted by molar-refractivity contribution is 0.336. The molecule has 1 aromatic heterocycles. The van der Waals surface area contributed by atoms with E-state index in [1.165, 1.54) is 14.2 Å². The first-order chi connectivity index (χ1) is 14.0. The summed E-state index contributed by atoms with van der Waals surface area (Å²) >= 11 is 0. The molecule has 158 valence electrons. The summed E-state index contributed by atoms with van der Waals surface area (Å²) in [5, 5.41) is 17.1. The largest absolute Gasteiger partial charge is 0.502 e. The van der Waals surface area contributed by atoms with Gasteiger partial charge in [-0.25, -0.2) is 4.98 Å². The van der Waals surface area contributed by atoms with Crippen LogP contribution < -0.4 is 25.0 Å². The molecule has 1 saturated carbocycles. The Morgan fingerprint density at radius 2 is 1.69 bits per heavy atom. The van der Waals surface area contributed by atoms with E-state index in [0.717, 1.165) is 37.1 Å². The standard InChI is InChI=1S/C21H31N5O3/c1-26(2)19-9-10-22-21(25-19)24-16-7-5-15(6-8-16)23-13-14-11-17(28-3)20(27)18(12-14)29-4/h9-12,15-16,23,27H,5-8,13H2,1-4H3,(H,22,24,25). The Morgan fingerprint density at radius 3 is 2.28 bits per heavy atom. The lowest BCUT2D eigenvalue weighted by atomic mass is 9.91. The van der Waals surface area contributed by atoms with Gasteiger partial charge in [0.15, 0.2) is 11.5 Å². The summed E-state index contributed by atoms with van der Waals surface area (Å²) in [6.07, 6.45) is 6.08. The molecule has 3 rings (SSSR count). The van der Waals surface area contributed by atoms with Gasteiger partial charge in [0.2, 0.25) is 11.7 Å². The van der Waals surface area contributed by atoms with Gasteiger partial charge in [0.1, 0.15) is 5.82 Å². The fourth-order valence-corrected chi connectivity index (χ4v) is 3.60. The van der Waals surface area contributed by atoms with Crippen molar-refractivity contribution in [3.63, 3.8) is 0 Å². The topological polar surface area (TPSA) is 91.8 Å². The fourth-order valence-electron chi connectivity index (χ4n) is 3.60. The molecule has 0 atom stereocenters. The normalized spacial score (nSPS) is 18.9. The van der Waals surface area contributed by atoms with Crippen LogP contribution in [0.2, 0.25) is 0 Å². The number of hydrogen-bond acceptors (Lipinski definition) is 8. The van der Waals surface area contributed by atoms with E-state index in [-0.39, 0.29) is 5.75 Å². The summed E-state index contributed by atoms with van der Waals surface area (Å²) in [4.78, 5) is 10.9. The van der Waals surface area contributed by atoms with Crippen molar-refractivity contribution < 1.29 is 14.6 Å². The van der Waals surface area contributed by atoms with Gasteiger partial charge >= 0.3 is 0 Å². The fraction of sp³-hybridized carbons (Fsp3) is 0.524. The minimum absolute atomic E-state index is 0.0332. The Bertz CT molecular complexity index is 782. The van der Waals surface area contributed by atoms with Gasteiger partial charge in [0.25, 0.3) is 0 Å². The van der Waals surface area contributed by atoms with Crippen molar-refractivity contribution in [2.45, 2.75) is 44.3 Å². The molecule has 29 heavy (non-hydrogen) atoms. The Labute approximate surface area is 172 Å². The number of aromatic nitrogens is 2. The van der Waals surface area contributed by atoms with Gasteiger partial charge in [-0.3, -0.25) is 0 Å². The number of phenolic OH excluding ortho intramolecular Hbond substituents is 1. The Kier molecular flexibility index (Phi) is 6.98. The quantitative estimate of drug-likeness (QED) is 0.622. The zero-order chi connectivity index (χ0) is 20.8. The molecule has 1 aromatic carbocycles. The highest BCUT2D eigenvalue weighted by Gasteiger charge is 2.22. The second-order valence-electron chi connectivity index (χ2n) is 7.56. The summed E-state index contributed by atoms with van der Waals surface area (Å²) in [5.41, 5.74) is 1.02. The predicted octanol–water partition coefficient (Wildman–Crippen LogP) is 2.78. The maximum absolute atomic E-state index is 10.0. The van der Waals surface area contributed by atoms with Crippen molar-refractivity contribution in [1.82, 2.24) is 15.3 Å². The number of ether oxygens (including phenoxy) is 2. The van der Waals surface area contributed by atoms with E-state index in [9.17, 15) is 5.11 Å². The van der Waals surface area contributed by atoms with E-state index in [2.05, 4.69) is 20.6 Å². The maximum Gasteiger partial charge on any atom is 0.224 e. The number of benzene rings is 1. The van der Waals surface area contributed by atoms with Crippen molar-refractivity contribution >= 4 is 11.8 Å². The molecule has 1 fully saturated rings. The van der Waals surface area contributed by atoms with Crippen LogP contribution in [0.3, 0.4) is 0 Å². The summed E-state index contributed by atoms with van der Waals surface area (Å²) < 4.78 is 10.5. The lowest BCUT2D eigenvalue weighted by Crippen LogP contribution is -2.37. The summed E-state index contributed by atoms with van der Waals surface area (Å²) in [7, 11) is 7.03. The number of nitrogens with one attached hydrogen (secondary N) is 2. The number of nitrogens with zero attached hydrogens (tertiary/aromatic N) is 3. The van der Waals surface area contributed by atoms with Gasteiger partial charge < -0.3 is 30.1 Å². The molecule has 2 aromatic rings. The van der Waals surface area contributed by atoms with Crippen molar-refractivity contribution in [2.24, 2.45) is 0 Å². The number of aromatic hydroxyl groups is 1. The smallest absolute Gasteiger partial charge is 0.224 e. The highest BCUT2D eigenvalue weighted by atomic mass is 16.5. The molecule has 8 nitrogen and oxygen atoms in total. The minimum atomic E-state index is 0.0332. The molecule has 0 radical (unpaired) electrons. The molecular weight excluding hydrogens is 370 g/mol. The molecule has 0 bridgehead atoms. The van der Waals surface area contributed by atoms with Crippen LogP contribution in [0, 0.1) is 0 Å². The zero-order valence-corrected chi connectivity index (χ0v) is 17.6. The van der Waals surface area contributed by atoms with Gasteiger partial charge in [0, 0.05) is 38.9 Å². The molecule has 0 unspecified atom stereocenters. The number of rotatable bonds is 8. The molecule has 0 spiro atoms. The van der Waals surface area contributed by atoms with Crippen LogP contribution >= 0.6 is 0 Å². The Hall–Kier alpha value is -2.74. The van der Waals surface area contributed by atoms with Crippen molar-refractivity contribution in [1.29, 1.82) is 0 Å². The van der Waals surface area contributed by atoms with E-state index in [1.807, 2.05) is 37.2 Å². The minimum Gasteiger partial charge on any atom is -0.502 e. The van der Waals surface area contributed by atoms with Gasteiger partial charge in [-0.2, -0.15) is 4.98 Å². The van der Waals surface area contributed by atoms with Crippen LogP contribution in [-0.4, -0.2) is 55.5 Å². The van der Waals surface area contributed by atoms with Crippen LogP contribution in [0.4, 0.5) is 11.8 Å². The first-order valence-electron chi connectivity index (χ1n) is 9.94. The monoisotopic (exact) mass is 401 g/mol. The molecule has 0 amide bonds. The van der Waals surface area contributed by atoms with Gasteiger partial charge in [-0.1, -0.05) is 0 Å². The third-order valence-electron chi connectivity index (χ3n) is 5.29. The molecule has 1 heterocycles. The summed E-state index contributed by atoms with van der Waals surface area (Å²) in [6, 6.07) is 6.42. The van der Waals surface area contributed by atoms with Crippen molar-refractivity contribution in [3.8, 4) is 17.2 Å². The van der Waals surface area contributed by atoms with Crippen molar-refractivity contribution in [3.05, 3.63) is 30.0 Å². The first-order valence-corrected chi connectivity index (χ1v) is 9.94. The zero-order valence-electron chi connectivity index (χ0n) is 17.6. The lowest BCUT2D eigenvalue weighted by Gasteiger charge is -2.30. The average Bonchev–Trinajstić information content (AvgIpc) is 2.74. The molecule has 3 N–H and O–H groups in total. The maximum atomic E-state index is 10.0. The number of anilines is 2. The van der Waals surface area contributed by atoms with E-state index in [1.54, 1.807) is 6.20 Å².